The molecule has 0 spiro atoms. The Morgan fingerprint density at radius 3 is 2.50 bits per heavy atom. The van der Waals surface area contributed by atoms with E-state index >= 15 is 0 Å². The van der Waals surface area contributed by atoms with Gasteiger partial charge in [0.15, 0.2) is 5.76 Å². The maximum atomic E-state index is 11.6. The fourth-order valence-electron chi connectivity index (χ4n) is 3.01. The highest BCUT2D eigenvalue weighted by atomic mass is 35.5. The molecule has 4 aromatic rings. The van der Waals surface area contributed by atoms with Crippen LogP contribution in [-0.4, -0.2) is 23.2 Å². The summed E-state index contributed by atoms with van der Waals surface area (Å²) in [5, 5.41) is 4.89. The number of nitrogens with zero attached hydrogens (tertiary/aromatic N) is 2. The number of esters is 1. The molecular formula is C25H19ClN2O4. The van der Waals surface area contributed by atoms with Crippen molar-refractivity contribution >= 4 is 29.7 Å². The van der Waals surface area contributed by atoms with Crippen LogP contribution in [0, 0.1) is 0 Å². The van der Waals surface area contributed by atoms with Crippen LogP contribution < -0.4 is 4.74 Å². The standard InChI is InChI=1S/C25H19ClN2O4/c1-30-25(29)19-10-14-23(27-15-19)31-16-21-22(13-7-17-5-3-2-4-6-17)32-28-24(21)18-8-11-20(26)12-9-18/h2-15H,16H2,1H3. The average molecular weight is 447 g/mol. The van der Waals surface area contributed by atoms with Gasteiger partial charge < -0.3 is 14.0 Å². The topological polar surface area (TPSA) is 74.5 Å². The number of rotatable bonds is 7. The van der Waals surface area contributed by atoms with Gasteiger partial charge in [-0.25, -0.2) is 9.78 Å². The highest BCUT2D eigenvalue weighted by molar-refractivity contribution is 6.30. The quantitative estimate of drug-likeness (QED) is 0.328. The van der Waals surface area contributed by atoms with Crippen LogP contribution in [0.3, 0.4) is 0 Å². The van der Waals surface area contributed by atoms with Gasteiger partial charge >= 0.3 is 5.97 Å². The maximum Gasteiger partial charge on any atom is 0.339 e. The molecular weight excluding hydrogens is 428 g/mol. The lowest BCUT2D eigenvalue weighted by molar-refractivity contribution is 0.0600. The molecule has 2 aromatic heterocycles. The monoisotopic (exact) mass is 446 g/mol. The lowest BCUT2D eigenvalue weighted by atomic mass is 10.1. The third-order valence-corrected chi connectivity index (χ3v) is 4.94. The van der Waals surface area contributed by atoms with Crippen molar-refractivity contribution in [3.8, 4) is 17.1 Å². The van der Waals surface area contributed by atoms with Gasteiger partial charge in [0, 0.05) is 22.8 Å². The summed E-state index contributed by atoms with van der Waals surface area (Å²) in [5.41, 5.74) is 3.64. The van der Waals surface area contributed by atoms with E-state index in [1.807, 2.05) is 54.6 Å². The molecule has 0 aliphatic heterocycles. The first-order chi connectivity index (χ1) is 15.6. The van der Waals surface area contributed by atoms with Crippen LogP contribution in [0.15, 0.2) is 77.4 Å². The average Bonchev–Trinajstić information content (AvgIpc) is 3.25. The Labute approximate surface area is 190 Å². The number of pyridine rings is 1. The van der Waals surface area contributed by atoms with E-state index in [0.717, 1.165) is 16.7 Å². The third-order valence-electron chi connectivity index (χ3n) is 4.68. The van der Waals surface area contributed by atoms with Crippen LogP contribution in [0.1, 0.15) is 27.2 Å². The zero-order valence-corrected chi connectivity index (χ0v) is 18.0. The molecule has 160 valence electrons. The van der Waals surface area contributed by atoms with Gasteiger partial charge in [0.05, 0.1) is 18.2 Å². The minimum Gasteiger partial charge on any atom is -0.473 e. The second-order valence-electron chi connectivity index (χ2n) is 6.79. The summed E-state index contributed by atoms with van der Waals surface area (Å²) in [5.74, 6) is 0.477. The molecule has 0 aliphatic carbocycles. The number of hydrogen-bond acceptors (Lipinski definition) is 6. The van der Waals surface area contributed by atoms with Crippen LogP contribution in [0.4, 0.5) is 0 Å². The van der Waals surface area contributed by atoms with E-state index < -0.39 is 5.97 Å². The van der Waals surface area contributed by atoms with Gasteiger partial charge in [-0.2, -0.15) is 0 Å². The van der Waals surface area contributed by atoms with Crippen LogP contribution >= 0.6 is 11.6 Å². The summed E-state index contributed by atoms with van der Waals surface area (Å²) in [6.45, 7) is 0.167. The lowest BCUT2D eigenvalue weighted by Gasteiger charge is -2.07. The van der Waals surface area contributed by atoms with E-state index in [4.69, 9.17) is 20.9 Å². The van der Waals surface area contributed by atoms with E-state index in [1.165, 1.54) is 13.3 Å². The fraction of sp³-hybridized carbons (Fsp3) is 0.0800. The Balaban J connectivity index is 1.61. The molecule has 2 aromatic carbocycles. The number of carbonyl (C=O) groups is 1. The molecule has 0 N–H and O–H groups in total. The molecule has 2 heterocycles. The minimum absolute atomic E-state index is 0.167. The summed E-state index contributed by atoms with van der Waals surface area (Å²) in [7, 11) is 1.32. The van der Waals surface area contributed by atoms with Gasteiger partial charge in [-0.05, 0) is 29.8 Å². The van der Waals surface area contributed by atoms with Crippen molar-refractivity contribution in [3.63, 3.8) is 0 Å². The van der Waals surface area contributed by atoms with Gasteiger partial charge in [-0.1, -0.05) is 65.3 Å². The number of methoxy groups -OCH3 is 1. The van der Waals surface area contributed by atoms with E-state index in [-0.39, 0.29) is 6.61 Å². The van der Waals surface area contributed by atoms with E-state index in [0.29, 0.717) is 27.9 Å². The number of benzene rings is 2. The molecule has 0 atom stereocenters. The van der Waals surface area contributed by atoms with E-state index in [1.54, 1.807) is 24.3 Å². The normalized spacial score (nSPS) is 10.9. The Bertz CT molecular complexity index is 1220. The van der Waals surface area contributed by atoms with Gasteiger partial charge in [-0.15, -0.1) is 0 Å². The summed E-state index contributed by atoms with van der Waals surface area (Å²) in [6.07, 6.45) is 5.21. The third kappa shape index (κ3) is 5.04. The summed E-state index contributed by atoms with van der Waals surface area (Å²) in [4.78, 5) is 15.8. The zero-order valence-electron chi connectivity index (χ0n) is 17.2. The molecule has 0 fully saturated rings. The minimum atomic E-state index is -0.457. The molecule has 0 radical (unpaired) electrons. The molecule has 0 saturated heterocycles. The Morgan fingerprint density at radius 2 is 1.81 bits per heavy atom. The smallest absolute Gasteiger partial charge is 0.339 e. The molecule has 7 heteroatoms. The Kier molecular flexibility index (Phi) is 6.63. The Hall–Kier alpha value is -3.90. The van der Waals surface area contributed by atoms with Crippen LogP contribution in [-0.2, 0) is 11.3 Å². The molecule has 0 amide bonds. The van der Waals surface area contributed by atoms with E-state index in [2.05, 4.69) is 14.9 Å². The van der Waals surface area contributed by atoms with Crippen molar-refractivity contribution in [3.05, 3.63) is 100 Å². The van der Waals surface area contributed by atoms with Crippen LogP contribution in [0.25, 0.3) is 23.4 Å². The van der Waals surface area contributed by atoms with Crippen molar-refractivity contribution < 1.29 is 18.8 Å². The number of ether oxygens (including phenoxy) is 2. The second kappa shape index (κ2) is 9.94. The van der Waals surface area contributed by atoms with Crippen molar-refractivity contribution in [2.45, 2.75) is 6.61 Å². The predicted molar refractivity (Wildman–Crippen MR) is 122 cm³/mol. The van der Waals surface area contributed by atoms with Crippen molar-refractivity contribution in [1.29, 1.82) is 0 Å². The van der Waals surface area contributed by atoms with E-state index in [9.17, 15) is 4.79 Å². The Morgan fingerprint density at radius 1 is 1.03 bits per heavy atom. The highest BCUT2D eigenvalue weighted by Crippen LogP contribution is 2.29. The molecule has 0 bridgehead atoms. The second-order valence-corrected chi connectivity index (χ2v) is 7.23. The number of aromatic nitrogens is 2. The summed E-state index contributed by atoms with van der Waals surface area (Å²) in [6, 6.07) is 20.4. The number of carbonyl (C=O) groups excluding carboxylic acids is 1. The molecule has 0 unspecified atom stereocenters. The van der Waals surface area contributed by atoms with Gasteiger partial charge in [0.25, 0.3) is 0 Å². The maximum absolute atomic E-state index is 11.6. The van der Waals surface area contributed by atoms with Crippen molar-refractivity contribution in [2.24, 2.45) is 0 Å². The van der Waals surface area contributed by atoms with Gasteiger partial charge in [0.1, 0.15) is 12.3 Å². The summed E-state index contributed by atoms with van der Waals surface area (Å²) < 4.78 is 16.2. The molecule has 6 nitrogen and oxygen atoms in total. The predicted octanol–water partition coefficient (Wildman–Crippen LogP) is 5.93. The number of hydrogen-bond donors (Lipinski definition) is 0. The van der Waals surface area contributed by atoms with Crippen LogP contribution in [0.2, 0.25) is 5.02 Å². The first kappa shape index (κ1) is 21.3. The molecule has 0 saturated carbocycles. The first-order valence-electron chi connectivity index (χ1n) is 9.79. The van der Waals surface area contributed by atoms with Crippen molar-refractivity contribution in [2.75, 3.05) is 7.11 Å². The lowest BCUT2D eigenvalue weighted by Crippen LogP contribution is -2.03. The SMILES string of the molecule is COC(=O)c1ccc(OCc2c(-c3ccc(Cl)cc3)noc2C=Cc2ccccc2)nc1. The largest absolute Gasteiger partial charge is 0.473 e. The van der Waals surface area contributed by atoms with Gasteiger partial charge in [0.2, 0.25) is 5.88 Å². The summed E-state index contributed by atoms with van der Waals surface area (Å²) >= 11 is 6.03. The van der Waals surface area contributed by atoms with Crippen molar-refractivity contribution in [1.82, 2.24) is 10.1 Å². The molecule has 0 aliphatic rings. The zero-order chi connectivity index (χ0) is 22.3. The fourth-order valence-corrected chi connectivity index (χ4v) is 3.14. The highest BCUT2D eigenvalue weighted by Gasteiger charge is 2.17. The molecule has 32 heavy (non-hydrogen) atoms. The van der Waals surface area contributed by atoms with Gasteiger partial charge in [-0.3, -0.25) is 0 Å². The number of halogens is 1. The molecule has 4 rings (SSSR count). The van der Waals surface area contributed by atoms with Crippen LogP contribution in [0.5, 0.6) is 5.88 Å². The first-order valence-corrected chi connectivity index (χ1v) is 10.2.